The number of aromatic amines is 1. The predicted octanol–water partition coefficient (Wildman–Crippen LogP) is 5.99. The van der Waals surface area contributed by atoms with Crippen LogP contribution < -0.4 is 0 Å². The van der Waals surface area contributed by atoms with Gasteiger partial charge in [0, 0.05) is 31.5 Å². The third-order valence-corrected chi connectivity index (χ3v) is 6.02. The van der Waals surface area contributed by atoms with Crippen LogP contribution in [-0.2, 0) is 4.74 Å². The quantitative estimate of drug-likeness (QED) is 0.587. The molecule has 1 aliphatic carbocycles. The van der Waals surface area contributed by atoms with E-state index in [-0.39, 0.29) is 0 Å². The van der Waals surface area contributed by atoms with Gasteiger partial charge in [-0.15, -0.1) is 0 Å². The number of hydrogen-bond acceptors (Lipinski definition) is 2. The van der Waals surface area contributed by atoms with E-state index in [0.717, 1.165) is 25.4 Å². The summed E-state index contributed by atoms with van der Waals surface area (Å²) in [5.41, 5.74) is 5.54. The van der Waals surface area contributed by atoms with Crippen LogP contribution >= 0.6 is 0 Å². The average Bonchev–Trinajstić information content (AvgIpc) is 3.02. The number of nitrogens with one attached hydrogen (secondary N) is 1. The molecule has 0 bridgehead atoms. The number of hydrogen-bond donors (Lipinski definition) is 1. The van der Waals surface area contributed by atoms with E-state index >= 15 is 0 Å². The van der Waals surface area contributed by atoms with E-state index in [2.05, 4.69) is 74.2 Å². The average molecular weight is 383 g/mol. The number of ether oxygens (including phenoxy) is 1. The summed E-state index contributed by atoms with van der Waals surface area (Å²) in [6.45, 7) is 12.2. The number of unbranched alkanes of at least 4 members (excludes halogenated alkanes) is 1. The minimum Gasteiger partial charge on any atom is -0.373 e. The lowest BCUT2D eigenvalue weighted by molar-refractivity contribution is -0.0716. The normalized spacial score (nSPS) is 27.0. The number of rotatable bonds is 7. The summed E-state index contributed by atoms with van der Waals surface area (Å²) < 4.78 is 5.88. The Kier molecular flexibility index (Phi) is 7.75. The van der Waals surface area contributed by atoms with Gasteiger partial charge in [-0.3, -0.25) is 4.90 Å². The molecule has 28 heavy (non-hydrogen) atoms. The Morgan fingerprint density at radius 1 is 1.21 bits per heavy atom. The summed E-state index contributed by atoms with van der Waals surface area (Å²) in [5.74, 6) is 0.781. The van der Waals surface area contributed by atoms with Crippen molar-refractivity contribution in [1.29, 1.82) is 0 Å². The molecule has 3 atom stereocenters. The number of allylic oxidation sites excluding steroid dienone is 5. The number of morpholine rings is 1. The second kappa shape index (κ2) is 10.3. The molecule has 3 heteroatoms. The molecule has 1 aromatic heterocycles. The minimum absolute atomic E-state index is 0.365. The van der Waals surface area contributed by atoms with E-state index in [1.54, 1.807) is 0 Å². The molecular formula is C25H38N2O. The topological polar surface area (TPSA) is 28.3 Å². The molecule has 3 unspecified atom stereocenters. The van der Waals surface area contributed by atoms with Gasteiger partial charge in [-0.25, -0.2) is 0 Å². The maximum atomic E-state index is 5.88. The van der Waals surface area contributed by atoms with Crippen LogP contribution in [0.15, 0.2) is 30.5 Å². The van der Waals surface area contributed by atoms with Crippen molar-refractivity contribution in [2.24, 2.45) is 5.92 Å². The van der Waals surface area contributed by atoms with Gasteiger partial charge in [0.2, 0.25) is 0 Å². The zero-order chi connectivity index (χ0) is 19.9. The molecule has 1 aliphatic heterocycles. The van der Waals surface area contributed by atoms with E-state index in [4.69, 9.17) is 4.74 Å². The first-order chi connectivity index (χ1) is 13.6. The van der Waals surface area contributed by atoms with E-state index in [1.807, 2.05) is 0 Å². The van der Waals surface area contributed by atoms with Crippen LogP contribution in [0, 0.1) is 12.8 Å². The summed E-state index contributed by atoms with van der Waals surface area (Å²) in [4.78, 5) is 6.08. The Bertz CT molecular complexity index is 702. The maximum absolute atomic E-state index is 5.88. The van der Waals surface area contributed by atoms with Gasteiger partial charge in [0.1, 0.15) is 0 Å². The van der Waals surface area contributed by atoms with Crippen LogP contribution in [-0.4, -0.2) is 41.7 Å². The second-order valence-corrected chi connectivity index (χ2v) is 8.66. The summed E-state index contributed by atoms with van der Waals surface area (Å²) in [5, 5.41) is 0. The van der Waals surface area contributed by atoms with E-state index in [1.165, 1.54) is 54.6 Å². The van der Waals surface area contributed by atoms with E-state index in [9.17, 15) is 0 Å². The van der Waals surface area contributed by atoms with Crippen LogP contribution in [0.25, 0.3) is 11.6 Å². The first kappa shape index (κ1) is 21.1. The molecule has 0 saturated carbocycles. The fourth-order valence-corrected chi connectivity index (χ4v) is 4.61. The van der Waals surface area contributed by atoms with Gasteiger partial charge >= 0.3 is 0 Å². The monoisotopic (exact) mass is 382 g/mol. The highest BCUT2D eigenvalue weighted by Crippen LogP contribution is 2.33. The molecule has 1 aromatic rings. The molecule has 3 rings (SSSR count). The van der Waals surface area contributed by atoms with Crippen molar-refractivity contribution < 1.29 is 4.74 Å². The summed E-state index contributed by atoms with van der Waals surface area (Å²) >= 11 is 0. The molecule has 2 aliphatic rings. The SMILES string of the molecule is CCC/C=C/C=C\c1[nH]cc(C2=CCC(CN3CC(C)OC(C)C3)CC2)c1C. The Morgan fingerprint density at radius 3 is 2.68 bits per heavy atom. The van der Waals surface area contributed by atoms with Crippen molar-refractivity contribution in [2.75, 3.05) is 19.6 Å². The lowest BCUT2D eigenvalue weighted by Crippen LogP contribution is -2.47. The second-order valence-electron chi connectivity index (χ2n) is 8.66. The number of nitrogens with zero attached hydrogens (tertiary/aromatic N) is 1. The summed E-state index contributed by atoms with van der Waals surface area (Å²) in [6.07, 6.45) is 20.2. The van der Waals surface area contributed by atoms with E-state index in [0.29, 0.717) is 12.2 Å². The van der Waals surface area contributed by atoms with Gasteiger partial charge in [0.25, 0.3) is 0 Å². The molecule has 3 nitrogen and oxygen atoms in total. The lowest BCUT2D eigenvalue weighted by Gasteiger charge is -2.37. The Hall–Kier alpha value is -1.58. The third kappa shape index (κ3) is 5.71. The Balaban J connectivity index is 1.56. The lowest BCUT2D eigenvalue weighted by atomic mass is 9.85. The third-order valence-electron chi connectivity index (χ3n) is 6.02. The highest BCUT2D eigenvalue weighted by atomic mass is 16.5. The fourth-order valence-electron chi connectivity index (χ4n) is 4.61. The molecule has 1 N–H and O–H groups in total. The largest absolute Gasteiger partial charge is 0.373 e. The molecule has 0 amide bonds. The van der Waals surface area contributed by atoms with Gasteiger partial charge in [-0.05, 0) is 75.1 Å². The first-order valence-corrected chi connectivity index (χ1v) is 11.1. The van der Waals surface area contributed by atoms with Gasteiger partial charge in [-0.2, -0.15) is 0 Å². The zero-order valence-electron chi connectivity index (χ0n) is 18.2. The molecule has 0 aromatic carbocycles. The van der Waals surface area contributed by atoms with Gasteiger partial charge in [0.15, 0.2) is 0 Å². The van der Waals surface area contributed by atoms with Crippen molar-refractivity contribution >= 4 is 11.6 Å². The van der Waals surface area contributed by atoms with Crippen LogP contribution in [0.5, 0.6) is 0 Å². The Labute approximate surface area is 171 Å². The smallest absolute Gasteiger partial charge is 0.0678 e. The number of H-pyrrole nitrogens is 1. The van der Waals surface area contributed by atoms with Crippen LogP contribution in [0.2, 0.25) is 0 Å². The highest BCUT2D eigenvalue weighted by molar-refractivity contribution is 5.72. The Morgan fingerprint density at radius 2 is 2.00 bits per heavy atom. The zero-order valence-corrected chi connectivity index (χ0v) is 18.2. The maximum Gasteiger partial charge on any atom is 0.0678 e. The molecular weight excluding hydrogens is 344 g/mol. The minimum atomic E-state index is 0.365. The molecule has 0 radical (unpaired) electrons. The molecule has 1 saturated heterocycles. The number of aromatic nitrogens is 1. The molecule has 2 heterocycles. The van der Waals surface area contributed by atoms with E-state index < -0.39 is 0 Å². The van der Waals surface area contributed by atoms with Crippen molar-refractivity contribution in [1.82, 2.24) is 9.88 Å². The molecule has 1 fully saturated rings. The van der Waals surface area contributed by atoms with Gasteiger partial charge in [-0.1, -0.05) is 37.6 Å². The van der Waals surface area contributed by atoms with Gasteiger partial charge in [0.05, 0.1) is 12.2 Å². The molecule has 154 valence electrons. The standard InChI is InChI=1S/C25H38N2O/c1-5-6-7-8-9-10-25-21(4)24(15-26-25)23-13-11-22(12-14-23)18-27-16-19(2)28-20(3)17-27/h7-10,13,15,19-20,22,26H,5-6,11-12,14,16-18H2,1-4H3/b8-7+,10-9-. The molecule has 0 spiro atoms. The van der Waals surface area contributed by atoms with Crippen molar-refractivity contribution in [3.63, 3.8) is 0 Å². The highest BCUT2D eigenvalue weighted by Gasteiger charge is 2.25. The van der Waals surface area contributed by atoms with Crippen molar-refractivity contribution in [3.8, 4) is 0 Å². The predicted molar refractivity (Wildman–Crippen MR) is 120 cm³/mol. The summed E-state index contributed by atoms with van der Waals surface area (Å²) in [7, 11) is 0. The van der Waals surface area contributed by atoms with Crippen molar-refractivity contribution in [2.45, 2.75) is 72.0 Å². The van der Waals surface area contributed by atoms with Crippen LogP contribution in [0.1, 0.15) is 69.7 Å². The van der Waals surface area contributed by atoms with Crippen LogP contribution in [0.4, 0.5) is 0 Å². The van der Waals surface area contributed by atoms with Crippen LogP contribution in [0.3, 0.4) is 0 Å². The first-order valence-electron chi connectivity index (χ1n) is 11.1. The fraction of sp³-hybridized carbons (Fsp3) is 0.600. The summed E-state index contributed by atoms with van der Waals surface area (Å²) in [6, 6.07) is 0. The van der Waals surface area contributed by atoms with Gasteiger partial charge < -0.3 is 9.72 Å². The van der Waals surface area contributed by atoms with Crippen molar-refractivity contribution in [3.05, 3.63) is 47.3 Å².